The first-order valence-electron chi connectivity index (χ1n) is 9.84. The minimum Gasteiger partial charge on any atom is -0.489 e. The average molecular weight is 442 g/mol. The second-order valence-electron chi connectivity index (χ2n) is 6.92. The predicted octanol–water partition coefficient (Wildman–Crippen LogP) is 4.76. The molecule has 3 aromatic rings. The number of rotatable bonds is 7. The SMILES string of the molecule is COCCOC1=CN(c2cccc(C(F)(F)F)c2)NC(c2ccnn2-c2ccccc2)=C1. The number of allylic oxidation sites excluding steroid dienone is 1. The lowest BCUT2D eigenvalue weighted by Gasteiger charge is -2.29. The third-order valence-electron chi connectivity index (χ3n) is 4.71. The maximum Gasteiger partial charge on any atom is 0.416 e. The van der Waals surface area contributed by atoms with Gasteiger partial charge in [0.2, 0.25) is 0 Å². The van der Waals surface area contributed by atoms with Gasteiger partial charge in [-0.15, -0.1) is 0 Å². The summed E-state index contributed by atoms with van der Waals surface area (Å²) in [6, 6.07) is 16.4. The lowest BCUT2D eigenvalue weighted by Crippen LogP contribution is -2.36. The van der Waals surface area contributed by atoms with E-state index in [4.69, 9.17) is 9.47 Å². The number of para-hydroxylation sites is 1. The molecular formula is C23H21F3N4O2. The van der Waals surface area contributed by atoms with Gasteiger partial charge in [-0.05, 0) is 36.4 Å². The summed E-state index contributed by atoms with van der Waals surface area (Å²) in [5.74, 6) is 0.467. The van der Waals surface area contributed by atoms with E-state index in [2.05, 4.69) is 10.5 Å². The fourth-order valence-corrected chi connectivity index (χ4v) is 3.21. The van der Waals surface area contributed by atoms with Crippen LogP contribution in [0.4, 0.5) is 18.9 Å². The molecule has 0 saturated heterocycles. The molecule has 1 aromatic heterocycles. The van der Waals surface area contributed by atoms with E-state index in [9.17, 15) is 13.2 Å². The molecule has 0 aliphatic carbocycles. The van der Waals surface area contributed by atoms with Crippen LogP contribution in [-0.2, 0) is 15.7 Å². The van der Waals surface area contributed by atoms with Gasteiger partial charge in [0.25, 0.3) is 0 Å². The number of alkyl halides is 3. The molecule has 1 aliphatic heterocycles. The van der Waals surface area contributed by atoms with Crippen molar-refractivity contribution >= 4 is 11.4 Å². The predicted molar refractivity (Wildman–Crippen MR) is 115 cm³/mol. The zero-order valence-electron chi connectivity index (χ0n) is 17.2. The first kappa shape index (κ1) is 21.5. The summed E-state index contributed by atoms with van der Waals surface area (Å²) in [5.41, 5.74) is 4.90. The van der Waals surface area contributed by atoms with E-state index in [-0.39, 0.29) is 0 Å². The summed E-state index contributed by atoms with van der Waals surface area (Å²) in [5, 5.41) is 5.89. The summed E-state index contributed by atoms with van der Waals surface area (Å²) in [6.07, 6.45) is 0.579. The molecule has 0 saturated carbocycles. The summed E-state index contributed by atoms with van der Waals surface area (Å²) in [6.45, 7) is 0.667. The number of hydrogen-bond donors (Lipinski definition) is 1. The van der Waals surface area contributed by atoms with Crippen LogP contribution in [0.15, 0.2) is 84.9 Å². The van der Waals surface area contributed by atoms with Crippen molar-refractivity contribution in [2.75, 3.05) is 25.3 Å². The second kappa shape index (κ2) is 9.19. The van der Waals surface area contributed by atoms with Crippen molar-refractivity contribution in [3.8, 4) is 5.69 Å². The Morgan fingerprint density at radius 3 is 2.50 bits per heavy atom. The minimum absolute atomic E-state index is 0.292. The molecule has 4 rings (SSSR count). The van der Waals surface area contributed by atoms with Crippen LogP contribution in [0.25, 0.3) is 11.4 Å². The lowest BCUT2D eigenvalue weighted by molar-refractivity contribution is -0.137. The van der Waals surface area contributed by atoms with Crippen molar-refractivity contribution in [2.24, 2.45) is 0 Å². The number of hydrogen-bond acceptors (Lipinski definition) is 5. The number of nitrogens with one attached hydrogen (secondary N) is 1. The van der Waals surface area contributed by atoms with Gasteiger partial charge in [0.1, 0.15) is 12.4 Å². The number of hydrazine groups is 1. The topological polar surface area (TPSA) is 51.6 Å². The molecule has 0 amide bonds. The van der Waals surface area contributed by atoms with Gasteiger partial charge < -0.3 is 9.47 Å². The van der Waals surface area contributed by atoms with Gasteiger partial charge in [0.15, 0.2) is 0 Å². The van der Waals surface area contributed by atoms with Gasteiger partial charge in [-0.2, -0.15) is 18.3 Å². The van der Waals surface area contributed by atoms with Crippen molar-refractivity contribution in [2.45, 2.75) is 6.18 Å². The number of ether oxygens (including phenoxy) is 2. The number of halogens is 3. The zero-order chi connectivity index (χ0) is 22.6. The lowest BCUT2D eigenvalue weighted by atomic mass is 10.2. The Bertz CT molecular complexity index is 1120. The molecule has 1 aliphatic rings. The summed E-state index contributed by atoms with van der Waals surface area (Å²) in [4.78, 5) is 0. The smallest absolute Gasteiger partial charge is 0.416 e. The van der Waals surface area contributed by atoms with E-state index in [1.165, 1.54) is 11.1 Å². The van der Waals surface area contributed by atoms with Crippen molar-refractivity contribution in [3.63, 3.8) is 0 Å². The molecule has 2 aromatic carbocycles. The van der Waals surface area contributed by atoms with E-state index in [1.54, 1.807) is 36.3 Å². The van der Waals surface area contributed by atoms with Crippen LogP contribution in [0.2, 0.25) is 0 Å². The van der Waals surface area contributed by atoms with Crippen LogP contribution in [-0.4, -0.2) is 30.1 Å². The van der Waals surface area contributed by atoms with Gasteiger partial charge in [-0.25, -0.2) is 4.68 Å². The third kappa shape index (κ3) is 4.78. The van der Waals surface area contributed by atoms with Crippen molar-refractivity contribution in [1.29, 1.82) is 0 Å². The van der Waals surface area contributed by atoms with Crippen LogP contribution < -0.4 is 10.4 Å². The molecule has 0 bridgehead atoms. The molecule has 0 fully saturated rings. The molecule has 32 heavy (non-hydrogen) atoms. The molecule has 166 valence electrons. The Labute approximate surface area is 183 Å². The van der Waals surface area contributed by atoms with Gasteiger partial charge in [0, 0.05) is 13.2 Å². The van der Waals surface area contributed by atoms with Crippen LogP contribution >= 0.6 is 0 Å². The van der Waals surface area contributed by atoms with E-state index in [0.29, 0.717) is 36.1 Å². The number of nitrogens with zero attached hydrogens (tertiary/aromatic N) is 3. The molecule has 0 spiro atoms. The monoisotopic (exact) mass is 442 g/mol. The van der Waals surface area contributed by atoms with Crippen LogP contribution in [0, 0.1) is 0 Å². The van der Waals surface area contributed by atoms with Gasteiger partial charge in [-0.1, -0.05) is 24.3 Å². The number of benzene rings is 2. The van der Waals surface area contributed by atoms with Crippen LogP contribution in [0.3, 0.4) is 0 Å². The Kier molecular flexibility index (Phi) is 6.18. The van der Waals surface area contributed by atoms with Gasteiger partial charge >= 0.3 is 6.18 Å². The molecule has 0 atom stereocenters. The molecule has 9 heteroatoms. The Balaban J connectivity index is 1.70. The first-order valence-corrected chi connectivity index (χ1v) is 9.84. The van der Waals surface area contributed by atoms with Crippen LogP contribution in [0.5, 0.6) is 0 Å². The average Bonchev–Trinajstić information content (AvgIpc) is 3.29. The van der Waals surface area contributed by atoms with Gasteiger partial charge in [-0.3, -0.25) is 10.4 Å². The highest BCUT2D eigenvalue weighted by atomic mass is 19.4. The maximum atomic E-state index is 13.2. The van der Waals surface area contributed by atoms with Gasteiger partial charge in [0.05, 0.1) is 47.3 Å². The number of anilines is 1. The van der Waals surface area contributed by atoms with Crippen molar-refractivity contribution in [3.05, 3.63) is 96.2 Å². The van der Waals surface area contributed by atoms with E-state index in [1.807, 2.05) is 36.4 Å². The molecule has 2 heterocycles. The molecule has 1 N–H and O–H groups in total. The van der Waals surface area contributed by atoms with E-state index >= 15 is 0 Å². The fraction of sp³-hybridized carbons (Fsp3) is 0.174. The maximum absolute atomic E-state index is 13.2. The van der Waals surface area contributed by atoms with E-state index in [0.717, 1.165) is 17.8 Å². The first-order chi connectivity index (χ1) is 15.5. The number of methoxy groups -OCH3 is 1. The second-order valence-corrected chi connectivity index (χ2v) is 6.92. The zero-order valence-corrected chi connectivity index (χ0v) is 17.2. The highest BCUT2D eigenvalue weighted by molar-refractivity contribution is 5.70. The molecule has 0 radical (unpaired) electrons. The fourth-order valence-electron chi connectivity index (χ4n) is 3.21. The number of aromatic nitrogens is 2. The summed E-state index contributed by atoms with van der Waals surface area (Å²) in [7, 11) is 1.56. The molecule has 6 nitrogen and oxygen atoms in total. The minimum atomic E-state index is -4.45. The Hall–Kier alpha value is -3.72. The normalized spacial score (nSPS) is 13.9. The van der Waals surface area contributed by atoms with Crippen molar-refractivity contribution in [1.82, 2.24) is 15.2 Å². The quantitative estimate of drug-likeness (QED) is 0.535. The molecule has 0 unspecified atom stereocenters. The highest BCUT2D eigenvalue weighted by Crippen LogP contribution is 2.33. The molecular weight excluding hydrogens is 421 g/mol. The largest absolute Gasteiger partial charge is 0.489 e. The van der Waals surface area contributed by atoms with Crippen LogP contribution in [0.1, 0.15) is 11.3 Å². The van der Waals surface area contributed by atoms with E-state index < -0.39 is 11.7 Å². The standard InChI is InChI=1S/C23H21F3N4O2/c1-31-12-13-32-20-15-21(22-10-11-27-30(22)18-7-3-2-4-8-18)28-29(16-20)19-9-5-6-17(14-19)23(24,25)26/h2-11,14-16,28H,12-13H2,1H3. The highest BCUT2D eigenvalue weighted by Gasteiger charge is 2.31. The summed E-state index contributed by atoms with van der Waals surface area (Å²) >= 11 is 0. The Morgan fingerprint density at radius 1 is 0.969 bits per heavy atom. The van der Waals surface area contributed by atoms with Crippen molar-refractivity contribution < 1.29 is 22.6 Å². The third-order valence-corrected chi connectivity index (χ3v) is 4.71. The summed E-state index contributed by atoms with van der Waals surface area (Å²) < 4.78 is 52.3. The Morgan fingerprint density at radius 2 is 1.75 bits per heavy atom.